The van der Waals surface area contributed by atoms with E-state index in [4.69, 9.17) is 0 Å². The van der Waals surface area contributed by atoms with E-state index in [0.717, 1.165) is 4.35 Å². The van der Waals surface area contributed by atoms with Crippen LogP contribution in [0.2, 0.25) is 0 Å². The van der Waals surface area contributed by atoms with Gasteiger partial charge in [-0.05, 0) is 0 Å². The maximum atomic E-state index is 10.8. The molecule has 0 aliphatic rings. The molecule has 0 saturated heterocycles. The second-order valence-corrected chi connectivity index (χ2v) is 2.98. The van der Waals surface area contributed by atoms with Gasteiger partial charge in [-0.15, -0.1) is 0 Å². The first-order valence-electron chi connectivity index (χ1n) is 2.97. The van der Waals surface area contributed by atoms with Gasteiger partial charge in [-0.2, -0.15) is 0 Å². The molecule has 0 atom stereocenters. The number of aromatic nitrogens is 1. The Bertz CT molecular complexity index is 258. The number of ether oxygens (including phenoxy) is 1. The molecule has 0 saturated carbocycles. The van der Waals surface area contributed by atoms with Crippen LogP contribution in [0.5, 0.6) is 0 Å². The molecule has 0 N–H and O–H groups in total. The molecule has 1 rings (SSSR count). The van der Waals surface area contributed by atoms with E-state index in [1.807, 2.05) is 0 Å². The van der Waals surface area contributed by atoms with Crippen molar-refractivity contribution in [2.45, 2.75) is 0 Å². The zero-order chi connectivity index (χ0) is 8.27. The summed E-state index contributed by atoms with van der Waals surface area (Å²) in [4.78, 5) is 14.7. The van der Waals surface area contributed by atoms with Gasteiger partial charge in [0, 0.05) is 0 Å². The van der Waals surface area contributed by atoms with Crippen molar-refractivity contribution in [2.75, 3.05) is 7.11 Å². The van der Waals surface area contributed by atoms with Crippen molar-refractivity contribution in [2.24, 2.45) is 0 Å². The molecule has 1 heterocycles. The summed E-state index contributed by atoms with van der Waals surface area (Å²) in [6.45, 7) is 0. The Morgan fingerprint density at radius 3 is 2.82 bits per heavy atom. The fourth-order valence-corrected chi connectivity index (χ4v) is 0.889. The number of nitrogens with zero attached hydrogens (tertiary/aromatic N) is 1. The number of rotatable bonds is 1. The van der Waals surface area contributed by atoms with Gasteiger partial charge >= 0.3 is 72.8 Å². The first kappa shape index (κ1) is 8.28. The van der Waals surface area contributed by atoms with Crippen molar-refractivity contribution < 1.29 is 9.53 Å². The third-order valence-electron chi connectivity index (χ3n) is 1.14. The molecule has 1 aromatic heterocycles. The van der Waals surface area contributed by atoms with E-state index in [-0.39, 0.29) is 0 Å². The average Bonchev–Trinajstić information content (AvgIpc) is 2.05. The first-order valence-corrected chi connectivity index (χ1v) is 3.91. The monoisotopic (exact) mass is 211 g/mol. The van der Waals surface area contributed by atoms with Gasteiger partial charge in [0.25, 0.3) is 0 Å². The summed E-state index contributed by atoms with van der Waals surface area (Å²) >= 11 is 2.34. The maximum absolute atomic E-state index is 10.8. The van der Waals surface area contributed by atoms with Gasteiger partial charge in [0.1, 0.15) is 0 Å². The standard InChI is InChI=1S/C7H6AsNO2/c1-11-7(10)6-3-2-5(8)4-9-6/h2-4H,1H3. The molecule has 56 valence electrons. The Balaban J connectivity index is 2.90. The van der Waals surface area contributed by atoms with Gasteiger partial charge < -0.3 is 0 Å². The van der Waals surface area contributed by atoms with Crippen LogP contribution in [0.15, 0.2) is 18.3 Å². The summed E-state index contributed by atoms with van der Waals surface area (Å²) in [5, 5.41) is 0. The third kappa shape index (κ3) is 2.05. The summed E-state index contributed by atoms with van der Waals surface area (Å²) in [7, 11) is 1.33. The predicted octanol–water partition coefficient (Wildman–Crippen LogP) is -0.338. The number of carbonyl (C=O) groups is 1. The molecule has 0 amide bonds. The molecule has 4 heteroatoms. The molecular weight excluding hydrogens is 205 g/mol. The second-order valence-electron chi connectivity index (χ2n) is 1.89. The SMILES string of the molecule is COC(=O)c1ccc([As])cn1. The summed E-state index contributed by atoms with van der Waals surface area (Å²) in [6, 6.07) is 3.42. The topological polar surface area (TPSA) is 39.2 Å². The molecule has 0 spiro atoms. The van der Waals surface area contributed by atoms with Gasteiger partial charge in [0.05, 0.1) is 0 Å². The van der Waals surface area contributed by atoms with E-state index in [0.29, 0.717) is 5.69 Å². The predicted molar refractivity (Wildman–Crippen MR) is 41.0 cm³/mol. The molecule has 11 heavy (non-hydrogen) atoms. The number of pyridine rings is 1. The fourth-order valence-electron chi connectivity index (χ4n) is 0.611. The van der Waals surface area contributed by atoms with Gasteiger partial charge in [-0.25, -0.2) is 0 Å². The van der Waals surface area contributed by atoms with Gasteiger partial charge in [0.15, 0.2) is 0 Å². The number of hydrogen-bond donors (Lipinski definition) is 0. The molecular formula is C7H6AsNO2. The van der Waals surface area contributed by atoms with Crippen molar-refractivity contribution in [3.63, 3.8) is 0 Å². The minimum atomic E-state index is -0.405. The van der Waals surface area contributed by atoms with Crippen LogP contribution in [0, 0.1) is 0 Å². The molecule has 1 aromatic rings. The normalized spacial score (nSPS) is 9.27. The van der Waals surface area contributed by atoms with E-state index in [1.165, 1.54) is 7.11 Å². The van der Waals surface area contributed by atoms with Gasteiger partial charge in [-0.1, -0.05) is 0 Å². The van der Waals surface area contributed by atoms with Gasteiger partial charge in [0.2, 0.25) is 0 Å². The number of hydrogen-bond acceptors (Lipinski definition) is 3. The van der Waals surface area contributed by atoms with Crippen LogP contribution in [-0.4, -0.2) is 34.9 Å². The second kappa shape index (κ2) is 3.53. The van der Waals surface area contributed by atoms with Crippen LogP contribution in [0.25, 0.3) is 0 Å². The average molecular weight is 211 g/mol. The van der Waals surface area contributed by atoms with E-state index >= 15 is 0 Å². The van der Waals surface area contributed by atoms with Crippen LogP contribution in [0.4, 0.5) is 0 Å². The first-order chi connectivity index (χ1) is 5.24. The van der Waals surface area contributed by atoms with E-state index in [9.17, 15) is 4.79 Å². The summed E-state index contributed by atoms with van der Waals surface area (Å²) < 4.78 is 5.43. The molecule has 0 bridgehead atoms. The minimum absolute atomic E-state index is 0.335. The number of methoxy groups -OCH3 is 1. The molecule has 0 aromatic carbocycles. The summed E-state index contributed by atoms with van der Waals surface area (Å²) in [5.41, 5.74) is 0.335. The van der Waals surface area contributed by atoms with Crippen LogP contribution in [0.3, 0.4) is 0 Å². The number of carbonyl (C=O) groups excluding carboxylic acids is 1. The Morgan fingerprint density at radius 2 is 2.36 bits per heavy atom. The molecule has 0 aliphatic carbocycles. The van der Waals surface area contributed by atoms with Crippen LogP contribution < -0.4 is 4.35 Å². The van der Waals surface area contributed by atoms with E-state index < -0.39 is 5.97 Å². The van der Waals surface area contributed by atoms with Crippen LogP contribution in [-0.2, 0) is 4.74 Å². The van der Waals surface area contributed by atoms with Crippen molar-refractivity contribution in [1.29, 1.82) is 0 Å². The summed E-state index contributed by atoms with van der Waals surface area (Å²) in [5.74, 6) is -0.405. The molecule has 3 nitrogen and oxygen atoms in total. The van der Waals surface area contributed by atoms with E-state index in [1.54, 1.807) is 18.3 Å². The fraction of sp³-hybridized carbons (Fsp3) is 0.143. The Hall–Kier alpha value is -0.822. The van der Waals surface area contributed by atoms with Crippen molar-refractivity contribution in [1.82, 2.24) is 4.98 Å². The van der Waals surface area contributed by atoms with Crippen molar-refractivity contribution >= 4 is 27.2 Å². The van der Waals surface area contributed by atoms with Crippen LogP contribution in [0.1, 0.15) is 10.5 Å². The van der Waals surface area contributed by atoms with Crippen molar-refractivity contribution in [3.8, 4) is 0 Å². The number of esters is 1. The Morgan fingerprint density at radius 1 is 1.64 bits per heavy atom. The third-order valence-corrected chi connectivity index (χ3v) is 1.70. The Labute approximate surface area is 73.3 Å². The van der Waals surface area contributed by atoms with E-state index in [2.05, 4.69) is 26.6 Å². The molecule has 2 radical (unpaired) electrons. The molecule has 0 aliphatic heterocycles. The quantitative estimate of drug-likeness (QED) is 0.471. The van der Waals surface area contributed by atoms with Crippen LogP contribution >= 0.6 is 0 Å². The van der Waals surface area contributed by atoms with Crippen molar-refractivity contribution in [3.05, 3.63) is 24.0 Å². The summed E-state index contributed by atoms with van der Waals surface area (Å²) in [6.07, 6.45) is 1.60. The molecule has 0 unspecified atom stereocenters. The van der Waals surface area contributed by atoms with Gasteiger partial charge in [-0.3, -0.25) is 0 Å². The zero-order valence-corrected chi connectivity index (χ0v) is 7.82. The molecule has 0 fully saturated rings. The zero-order valence-electron chi connectivity index (χ0n) is 5.94. The Kier molecular flexibility index (Phi) is 2.66.